The number of nitrogens with zero attached hydrogens (tertiary/aromatic N) is 3. The SMILES string of the molecule is CC(=O)c1ccc(NC(=O)CCSc2nnc(-c3ccc(F)cc3)n2-c2ccccc2)cc1. The highest BCUT2D eigenvalue weighted by molar-refractivity contribution is 7.99. The van der Waals surface area contributed by atoms with Crippen molar-refractivity contribution in [1.82, 2.24) is 14.8 Å². The Balaban J connectivity index is 1.46. The molecule has 8 heteroatoms. The van der Waals surface area contributed by atoms with Crippen LogP contribution in [0.25, 0.3) is 17.1 Å². The molecular formula is C25H21FN4O2S. The molecule has 4 aromatic rings. The Labute approximate surface area is 194 Å². The van der Waals surface area contributed by atoms with Gasteiger partial charge in [0.25, 0.3) is 0 Å². The van der Waals surface area contributed by atoms with Crippen LogP contribution >= 0.6 is 11.8 Å². The van der Waals surface area contributed by atoms with Gasteiger partial charge in [-0.05, 0) is 67.6 Å². The van der Waals surface area contributed by atoms with Crippen molar-refractivity contribution in [3.05, 3.63) is 90.2 Å². The number of hydrogen-bond acceptors (Lipinski definition) is 5. The summed E-state index contributed by atoms with van der Waals surface area (Å²) in [6, 6.07) is 22.5. The number of benzene rings is 3. The molecule has 0 saturated heterocycles. The van der Waals surface area contributed by atoms with Crippen LogP contribution < -0.4 is 5.32 Å². The second-order valence-corrected chi connectivity index (χ2v) is 8.33. The number of carbonyl (C=O) groups is 2. The van der Waals surface area contributed by atoms with Crippen LogP contribution in [0.2, 0.25) is 0 Å². The first kappa shape index (κ1) is 22.4. The minimum atomic E-state index is -0.318. The van der Waals surface area contributed by atoms with Gasteiger partial charge >= 0.3 is 0 Å². The summed E-state index contributed by atoms with van der Waals surface area (Å²) in [6.07, 6.45) is 0.270. The molecule has 1 amide bonds. The van der Waals surface area contributed by atoms with E-state index in [9.17, 15) is 14.0 Å². The lowest BCUT2D eigenvalue weighted by atomic mass is 10.1. The Morgan fingerprint density at radius 3 is 2.30 bits per heavy atom. The summed E-state index contributed by atoms with van der Waals surface area (Å²) >= 11 is 1.42. The third-order valence-electron chi connectivity index (χ3n) is 4.89. The van der Waals surface area contributed by atoms with Gasteiger partial charge < -0.3 is 5.32 Å². The quantitative estimate of drug-likeness (QED) is 0.282. The fourth-order valence-electron chi connectivity index (χ4n) is 3.21. The number of nitrogens with one attached hydrogen (secondary N) is 1. The first-order valence-electron chi connectivity index (χ1n) is 10.3. The molecule has 1 aromatic heterocycles. The number of rotatable bonds is 8. The molecule has 0 atom stereocenters. The Hall–Kier alpha value is -3.78. The Bertz CT molecular complexity index is 1260. The summed E-state index contributed by atoms with van der Waals surface area (Å²) in [6.45, 7) is 1.50. The van der Waals surface area contributed by atoms with E-state index in [1.54, 1.807) is 36.4 Å². The molecular weight excluding hydrogens is 439 g/mol. The van der Waals surface area contributed by atoms with Gasteiger partial charge in [0.2, 0.25) is 5.91 Å². The van der Waals surface area contributed by atoms with Crippen LogP contribution in [0.15, 0.2) is 84.0 Å². The van der Waals surface area contributed by atoms with Gasteiger partial charge in [-0.3, -0.25) is 14.2 Å². The standard InChI is InChI=1S/C25H21FN4O2S/c1-17(31)18-9-13-21(14-10-18)27-23(32)15-16-33-25-29-28-24(19-7-11-20(26)12-8-19)30(25)22-5-3-2-4-6-22/h2-14H,15-16H2,1H3,(H,27,32). The number of para-hydroxylation sites is 1. The van der Waals surface area contributed by atoms with E-state index >= 15 is 0 Å². The predicted molar refractivity (Wildman–Crippen MR) is 127 cm³/mol. The number of hydrogen-bond donors (Lipinski definition) is 1. The largest absolute Gasteiger partial charge is 0.326 e. The lowest BCUT2D eigenvalue weighted by Crippen LogP contribution is -2.12. The Kier molecular flexibility index (Phi) is 6.95. The molecule has 0 spiro atoms. The molecule has 0 aliphatic rings. The molecule has 3 aromatic carbocycles. The van der Waals surface area contributed by atoms with Gasteiger partial charge in [0.05, 0.1) is 0 Å². The summed E-state index contributed by atoms with van der Waals surface area (Å²) in [5.41, 5.74) is 2.85. The first-order chi connectivity index (χ1) is 16.0. The predicted octanol–water partition coefficient (Wildman–Crippen LogP) is 5.40. The molecule has 1 heterocycles. The van der Waals surface area contributed by atoms with Gasteiger partial charge in [0.15, 0.2) is 16.8 Å². The summed E-state index contributed by atoms with van der Waals surface area (Å²) in [4.78, 5) is 23.7. The third-order valence-corrected chi connectivity index (χ3v) is 5.82. The molecule has 0 aliphatic carbocycles. The van der Waals surface area contributed by atoms with Crippen LogP contribution in [0.5, 0.6) is 0 Å². The number of ketones is 1. The fourth-order valence-corrected chi connectivity index (χ4v) is 4.10. The van der Waals surface area contributed by atoms with E-state index in [2.05, 4.69) is 15.5 Å². The van der Waals surface area contributed by atoms with Gasteiger partial charge in [-0.2, -0.15) is 0 Å². The molecule has 0 fully saturated rings. The number of aromatic nitrogens is 3. The average molecular weight is 461 g/mol. The van der Waals surface area contributed by atoms with Crippen molar-refractivity contribution >= 4 is 29.1 Å². The smallest absolute Gasteiger partial charge is 0.225 e. The third kappa shape index (κ3) is 5.53. The van der Waals surface area contributed by atoms with Gasteiger partial charge in [-0.1, -0.05) is 30.0 Å². The van der Waals surface area contributed by atoms with E-state index in [1.807, 2.05) is 34.9 Å². The van der Waals surface area contributed by atoms with E-state index < -0.39 is 0 Å². The zero-order chi connectivity index (χ0) is 23.2. The number of anilines is 1. The van der Waals surface area contributed by atoms with Crippen LogP contribution in [0.4, 0.5) is 10.1 Å². The maximum absolute atomic E-state index is 13.4. The van der Waals surface area contributed by atoms with Gasteiger partial charge in [-0.25, -0.2) is 4.39 Å². The van der Waals surface area contributed by atoms with Crippen LogP contribution in [0.1, 0.15) is 23.7 Å². The Morgan fingerprint density at radius 1 is 0.939 bits per heavy atom. The van der Waals surface area contributed by atoms with Gasteiger partial charge in [-0.15, -0.1) is 10.2 Å². The lowest BCUT2D eigenvalue weighted by molar-refractivity contribution is -0.115. The highest BCUT2D eigenvalue weighted by Crippen LogP contribution is 2.28. The minimum Gasteiger partial charge on any atom is -0.326 e. The maximum Gasteiger partial charge on any atom is 0.225 e. The molecule has 1 N–H and O–H groups in total. The monoisotopic (exact) mass is 460 g/mol. The van der Waals surface area contributed by atoms with Gasteiger partial charge in [0, 0.05) is 34.7 Å². The number of Topliss-reactive ketones (excluding diaryl/α,β-unsaturated/α-hetero) is 1. The molecule has 0 radical (unpaired) electrons. The van der Waals surface area contributed by atoms with E-state index in [-0.39, 0.29) is 23.9 Å². The van der Waals surface area contributed by atoms with E-state index in [1.165, 1.54) is 30.8 Å². The first-order valence-corrected chi connectivity index (χ1v) is 11.3. The zero-order valence-corrected chi connectivity index (χ0v) is 18.7. The summed E-state index contributed by atoms with van der Waals surface area (Å²) < 4.78 is 15.3. The van der Waals surface area contributed by atoms with Gasteiger partial charge in [0.1, 0.15) is 5.82 Å². The Morgan fingerprint density at radius 2 is 1.64 bits per heavy atom. The van der Waals surface area contributed by atoms with E-state index in [4.69, 9.17) is 0 Å². The highest BCUT2D eigenvalue weighted by Gasteiger charge is 2.16. The topological polar surface area (TPSA) is 76.9 Å². The van der Waals surface area contributed by atoms with E-state index in [0.717, 1.165) is 11.3 Å². The summed E-state index contributed by atoms with van der Waals surface area (Å²) in [5, 5.41) is 12.1. The highest BCUT2D eigenvalue weighted by atomic mass is 32.2. The summed E-state index contributed by atoms with van der Waals surface area (Å²) in [5.74, 6) is 0.611. The average Bonchev–Trinajstić information content (AvgIpc) is 3.24. The second-order valence-electron chi connectivity index (χ2n) is 7.26. The molecule has 0 unspecified atom stereocenters. The zero-order valence-electron chi connectivity index (χ0n) is 17.9. The fraction of sp³-hybridized carbons (Fsp3) is 0.120. The van der Waals surface area contributed by atoms with Crippen LogP contribution in [-0.2, 0) is 4.79 Å². The van der Waals surface area contributed by atoms with Crippen LogP contribution in [-0.4, -0.2) is 32.2 Å². The van der Waals surface area contributed by atoms with Crippen molar-refractivity contribution in [2.75, 3.05) is 11.1 Å². The molecule has 33 heavy (non-hydrogen) atoms. The molecule has 166 valence electrons. The van der Waals surface area contributed by atoms with Crippen molar-refractivity contribution in [3.8, 4) is 17.1 Å². The van der Waals surface area contributed by atoms with Crippen molar-refractivity contribution in [2.24, 2.45) is 0 Å². The minimum absolute atomic E-state index is 0.0215. The molecule has 0 bridgehead atoms. The second kappa shape index (κ2) is 10.2. The maximum atomic E-state index is 13.4. The number of carbonyl (C=O) groups excluding carboxylic acids is 2. The van der Waals surface area contributed by atoms with Crippen molar-refractivity contribution in [3.63, 3.8) is 0 Å². The van der Waals surface area contributed by atoms with Crippen LogP contribution in [0, 0.1) is 5.82 Å². The van der Waals surface area contributed by atoms with Crippen molar-refractivity contribution in [2.45, 2.75) is 18.5 Å². The molecule has 4 rings (SSSR count). The molecule has 6 nitrogen and oxygen atoms in total. The summed E-state index contributed by atoms with van der Waals surface area (Å²) in [7, 11) is 0. The van der Waals surface area contributed by atoms with E-state index in [0.29, 0.717) is 28.0 Å². The normalized spacial score (nSPS) is 10.7. The van der Waals surface area contributed by atoms with Crippen molar-refractivity contribution < 1.29 is 14.0 Å². The molecule has 0 aliphatic heterocycles. The molecule has 0 saturated carbocycles. The van der Waals surface area contributed by atoms with Crippen LogP contribution in [0.3, 0.4) is 0 Å². The number of halogens is 1. The lowest BCUT2D eigenvalue weighted by Gasteiger charge is -2.10. The number of thioether (sulfide) groups is 1. The van der Waals surface area contributed by atoms with Crippen molar-refractivity contribution in [1.29, 1.82) is 0 Å². The number of amides is 1.